The van der Waals surface area contributed by atoms with E-state index in [9.17, 15) is 8.78 Å². The van der Waals surface area contributed by atoms with Crippen molar-refractivity contribution in [2.75, 3.05) is 20.2 Å². The first-order valence-electron chi connectivity index (χ1n) is 3.81. The molecule has 12 heavy (non-hydrogen) atoms. The van der Waals surface area contributed by atoms with Crippen molar-refractivity contribution < 1.29 is 13.5 Å². The van der Waals surface area contributed by atoms with E-state index in [-0.39, 0.29) is 6.54 Å². The summed E-state index contributed by atoms with van der Waals surface area (Å²) in [6, 6.07) is 0. The van der Waals surface area contributed by atoms with Crippen molar-refractivity contribution in [1.29, 1.82) is 0 Å². The number of alkyl halides is 2. The minimum absolute atomic E-state index is 0.268. The van der Waals surface area contributed by atoms with Gasteiger partial charge in [-0.1, -0.05) is 0 Å². The lowest BCUT2D eigenvalue weighted by Crippen LogP contribution is -2.34. The molecule has 70 valence electrons. The van der Waals surface area contributed by atoms with Crippen molar-refractivity contribution >= 4 is 0 Å². The number of halogens is 2. The summed E-state index contributed by atoms with van der Waals surface area (Å²) in [5.41, 5.74) is 0.771. The molecular weight excluding hydrogens is 164 g/mol. The average Bonchev–Trinajstić information content (AvgIpc) is 2.03. The van der Waals surface area contributed by atoms with E-state index in [2.05, 4.69) is 0 Å². The van der Waals surface area contributed by atoms with Crippen LogP contribution in [0.3, 0.4) is 0 Å². The summed E-state index contributed by atoms with van der Waals surface area (Å²) in [6.07, 6.45) is 0. The Bertz CT molecular complexity index is 213. The van der Waals surface area contributed by atoms with E-state index in [1.807, 2.05) is 0 Å². The lowest BCUT2D eigenvalue weighted by Gasteiger charge is -2.21. The third-order valence-corrected chi connectivity index (χ3v) is 2.05. The minimum atomic E-state index is -2.74. The number of allylic oxidation sites excluding steroid dienone is 2. The molecule has 1 rings (SSSR count). The van der Waals surface area contributed by atoms with Gasteiger partial charge in [0.15, 0.2) is 6.61 Å². The maximum atomic E-state index is 12.9. The summed E-state index contributed by atoms with van der Waals surface area (Å²) in [5, 5.41) is 0. The predicted molar refractivity (Wildman–Crippen MR) is 41.9 cm³/mol. The van der Waals surface area contributed by atoms with Gasteiger partial charge in [0.05, 0.1) is 6.54 Å². The van der Waals surface area contributed by atoms with Crippen molar-refractivity contribution in [2.45, 2.75) is 19.8 Å². The summed E-state index contributed by atoms with van der Waals surface area (Å²) >= 11 is 0. The number of rotatable bonds is 0. The third kappa shape index (κ3) is 1.87. The SMILES string of the molecule is CC1=C(C)N(C)CC(F)(F)CO1. The first-order chi connectivity index (χ1) is 5.42. The number of hydrogen-bond donors (Lipinski definition) is 0. The second-order valence-electron chi connectivity index (χ2n) is 3.14. The number of hydrogen-bond acceptors (Lipinski definition) is 2. The molecule has 0 radical (unpaired) electrons. The topological polar surface area (TPSA) is 12.5 Å². The van der Waals surface area contributed by atoms with E-state index < -0.39 is 12.5 Å². The van der Waals surface area contributed by atoms with Crippen LogP contribution in [-0.2, 0) is 4.74 Å². The molecule has 1 aliphatic heterocycles. The van der Waals surface area contributed by atoms with E-state index >= 15 is 0 Å². The zero-order valence-electron chi connectivity index (χ0n) is 7.53. The molecule has 0 fully saturated rings. The largest absolute Gasteiger partial charge is 0.490 e. The third-order valence-electron chi connectivity index (χ3n) is 2.05. The predicted octanol–water partition coefficient (Wildman–Crippen LogP) is 1.84. The van der Waals surface area contributed by atoms with Crippen LogP contribution >= 0.6 is 0 Å². The fourth-order valence-corrected chi connectivity index (χ4v) is 1.10. The zero-order valence-corrected chi connectivity index (χ0v) is 7.53. The maximum Gasteiger partial charge on any atom is 0.298 e. The Morgan fingerprint density at radius 3 is 2.58 bits per heavy atom. The van der Waals surface area contributed by atoms with E-state index in [1.54, 1.807) is 20.9 Å². The minimum Gasteiger partial charge on any atom is -0.490 e. The van der Waals surface area contributed by atoms with Gasteiger partial charge in [0.1, 0.15) is 5.76 Å². The first kappa shape index (κ1) is 9.29. The van der Waals surface area contributed by atoms with Crippen LogP contribution in [0, 0.1) is 0 Å². The zero-order chi connectivity index (χ0) is 9.35. The molecule has 1 heterocycles. The van der Waals surface area contributed by atoms with Gasteiger partial charge in [-0.3, -0.25) is 0 Å². The van der Waals surface area contributed by atoms with Crippen LogP contribution in [0.25, 0.3) is 0 Å². The highest BCUT2D eigenvalue weighted by Crippen LogP contribution is 2.24. The van der Waals surface area contributed by atoms with Gasteiger partial charge in [-0.05, 0) is 13.8 Å². The van der Waals surface area contributed by atoms with E-state index in [1.165, 1.54) is 4.90 Å². The molecule has 0 aliphatic carbocycles. The first-order valence-corrected chi connectivity index (χ1v) is 3.81. The fraction of sp³-hybridized carbons (Fsp3) is 0.750. The lowest BCUT2D eigenvalue weighted by molar-refractivity contribution is -0.0623. The van der Waals surface area contributed by atoms with Crippen molar-refractivity contribution in [2.24, 2.45) is 0 Å². The molecule has 0 aromatic heterocycles. The summed E-state index contributed by atoms with van der Waals surface area (Å²) in [5.74, 6) is -2.16. The van der Waals surface area contributed by atoms with Crippen LogP contribution in [0.5, 0.6) is 0 Å². The molecule has 1 aliphatic rings. The quantitative estimate of drug-likeness (QED) is 0.559. The summed E-state index contributed by atoms with van der Waals surface area (Å²) in [4.78, 5) is 1.52. The standard InChI is InChI=1S/C8H13F2NO/c1-6-7(2)12-5-8(9,10)4-11(6)3/h4-5H2,1-3H3. The lowest BCUT2D eigenvalue weighted by atomic mass is 10.3. The van der Waals surface area contributed by atoms with Gasteiger partial charge in [0, 0.05) is 12.7 Å². The van der Waals surface area contributed by atoms with Gasteiger partial charge < -0.3 is 9.64 Å². The number of ether oxygens (including phenoxy) is 1. The van der Waals surface area contributed by atoms with Gasteiger partial charge in [0.25, 0.3) is 5.92 Å². The summed E-state index contributed by atoms with van der Waals surface area (Å²) in [7, 11) is 1.64. The molecule has 0 atom stereocenters. The van der Waals surface area contributed by atoms with Crippen LogP contribution in [0.1, 0.15) is 13.8 Å². The molecule has 0 spiro atoms. The highest BCUT2D eigenvalue weighted by molar-refractivity contribution is 5.04. The smallest absolute Gasteiger partial charge is 0.298 e. The Morgan fingerprint density at radius 1 is 1.42 bits per heavy atom. The molecule has 0 bridgehead atoms. The van der Waals surface area contributed by atoms with Gasteiger partial charge in [0.2, 0.25) is 0 Å². The summed E-state index contributed by atoms with van der Waals surface area (Å²) in [6.45, 7) is 2.70. The van der Waals surface area contributed by atoms with Crippen molar-refractivity contribution in [1.82, 2.24) is 4.90 Å². The fourth-order valence-electron chi connectivity index (χ4n) is 1.10. The van der Waals surface area contributed by atoms with Crippen LogP contribution in [0.2, 0.25) is 0 Å². The number of nitrogens with zero attached hydrogens (tertiary/aromatic N) is 1. The molecule has 0 aromatic rings. The molecule has 4 heteroatoms. The molecule has 0 aromatic carbocycles. The van der Waals surface area contributed by atoms with Gasteiger partial charge in [-0.15, -0.1) is 0 Å². The van der Waals surface area contributed by atoms with Crippen LogP contribution in [0.15, 0.2) is 11.5 Å². The normalized spacial score (nSPS) is 23.6. The molecule has 0 saturated heterocycles. The molecule has 0 amide bonds. The van der Waals surface area contributed by atoms with E-state index in [0.717, 1.165) is 5.70 Å². The molecule has 0 saturated carbocycles. The molecule has 2 nitrogen and oxygen atoms in total. The average molecular weight is 177 g/mol. The Balaban J connectivity index is 2.80. The van der Waals surface area contributed by atoms with Crippen LogP contribution in [0.4, 0.5) is 8.78 Å². The Morgan fingerprint density at radius 2 is 2.00 bits per heavy atom. The van der Waals surface area contributed by atoms with Crippen molar-refractivity contribution in [3.8, 4) is 0 Å². The molecule has 0 unspecified atom stereocenters. The van der Waals surface area contributed by atoms with Crippen LogP contribution in [-0.4, -0.2) is 31.0 Å². The monoisotopic (exact) mass is 177 g/mol. The van der Waals surface area contributed by atoms with E-state index in [4.69, 9.17) is 4.74 Å². The van der Waals surface area contributed by atoms with Gasteiger partial charge in [-0.25, -0.2) is 8.78 Å². The second-order valence-corrected chi connectivity index (χ2v) is 3.14. The molecule has 0 N–H and O–H groups in total. The van der Waals surface area contributed by atoms with Crippen molar-refractivity contribution in [3.05, 3.63) is 11.5 Å². The second kappa shape index (κ2) is 2.92. The Hall–Kier alpha value is -0.800. The van der Waals surface area contributed by atoms with E-state index in [0.29, 0.717) is 5.76 Å². The van der Waals surface area contributed by atoms with Crippen LogP contribution < -0.4 is 0 Å². The highest BCUT2D eigenvalue weighted by Gasteiger charge is 2.34. The molecular formula is C8H13F2NO. The van der Waals surface area contributed by atoms with Gasteiger partial charge >= 0.3 is 0 Å². The van der Waals surface area contributed by atoms with Gasteiger partial charge in [-0.2, -0.15) is 0 Å². The highest BCUT2D eigenvalue weighted by atomic mass is 19.3. The maximum absolute atomic E-state index is 12.9. The summed E-state index contributed by atoms with van der Waals surface area (Å²) < 4.78 is 30.6. The Labute approximate surface area is 70.8 Å². The Kier molecular flexibility index (Phi) is 2.26. The van der Waals surface area contributed by atoms with Crippen molar-refractivity contribution in [3.63, 3.8) is 0 Å².